The van der Waals surface area contributed by atoms with Gasteiger partial charge in [-0.1, -0.05) is 19.0 Å². The average Bonchev–Trinajstić information content (AvgIpc) is 2.90. The molecule has 152 valence electrons. The minimum atomic E-state index is 0. The highest BCUT2D eigenvalue weighted by molar-refractivity contribution is 14.0. The van der Waals surface area contributed by atoms with Gasteiger partial charge in [0.2, 0.25) is 0 Å². The summed E-state index contributed by atoms with van der Waals surface area (Å²) in [5.41, 5.74) is 2.14. The standard InChI is InChI=1S/C19H37N5O.HI/c1-7-20-19(21-13-12-18-16(5)23-25-17(18)6)22-15(4)11-10-14-24(8-2)9-3;/h15H,7-14H2,1-6H3,(H2,20,21,22);1H. The van der Waals surface area contributed by atoms with Crippen LogP contribution in [0.5, 0.6) is 0 Å². The molecule has 7 heteroatoms. The van der Waals surface area contributed by atoms with E-state index in [0.717, 1.165) is 56.4 Å². The Morgan fingerprint density at radius 3 is 2.46 bits per heavy atom. The number of aryl methyl sites for hydroxylation is 2. The van der Waals surface area contributed by atoms with E-state index in [4.69, 9.17) is 9.52 Å². The van der Waals surface area contributed by atoms with Gasteiger partial charge in [-0.15, -0.1) is 24.0 Å². The molecule has 0 aromatic carbocycles. The third kappa shape index (κ3) is 9.21. The summed E-state index contributed by atoms with van der Waals surface area (Å²) in [7, 11) is 0. The minimum Gasteiger partial charge on any atom is -0.361 e. The van der Waals surface area contributed by atoms with Crippen molar-refractivity contribution in [3.8, 4) is 0 Å². The second kappa shape index (κ2) is 14.3. The number of hydrogen-bond acceptors (Lipinski definition) is 4. The summed E-state index contributed by atoms with van der Waals surface area (Å²) in [6.07, 6.45) is 3.20. The van der Waals surface area contributed by atoms with Gasteiger partial charge in [0.1, 0.15) is 5.76 Å². The van der Waals surface area contributed by atoms with Crippen LogP contribution in [-0.4, -0.2) is 54.8 Å². The fraction of sp³-hybridized carbons (Fsp3) is 0.789. The number of rotatable bonds is 11. The van der Waals surface area contributed by atoms with Crippen LogP contribution in [0.1, 0.15) is 57.6 Å². The van der Waals surface area contributed by atoms with Gasteiger partial charge >= 0.3 is 0 Å². The minimum absolute atomic E-state index is 0. The quantitative estimate of drug-likeness (QED) is 0.289. The van der Waals surface area contributed by atoms with Crippen LogP contribution in [0.2, 0.25) is 0 Å². The first-order valence-electron chi connectivity index (χ1n) is 9.70. The van der Waals surface area contributed by atoms with Crippen LogP contribution < -0.4 is 10.6 Å². The van der Waals surface area contributed by atoms with Crippen LogP contribution in [0.3, 0.4) is 0 Å². The number of guanidine groups is 1. The Labute approximate surface area is 176 Å². The first kappa shape index (κ1) is 25.2. The van der Waals surface area contributed by atoms with Crippen LogP contribution in [0.25, 0.3) is 0 Å². The van der Waals surface area contributed by atoms with Crippen LogP contribution in [0.4, 0.5) is 0 Å². The zero-order valence-electron chi connectivity index (χ0n) is 17.4. The van der Waals surface area contributed by atoms with Crippen LogP contribution in [-0.2, 0) is 6.42 Å². The van der Waals surface area contributed by atoms with Gasteiger partial charge in [0.25, 0.3) is 0 Å². The third-order valence-corrected chi connectivity index (χ3v) is 4.55. The lowest BCUT2D eigenvalue weighted by atomic mass is 10.1. The smallest absolute Gasteiger partial charge is 0.191 e. The fourth-order valence-electron chi connectivity index (χ4n) is 2.92. The van der Waals surface area contributed by atoms with Crippen molar-refractivity contribution in [3.05, 3.63) is 17.0 Å². The summed E-state index contributed by atoms with van der Waals surface area (Å²) in [4.78, 5) is 7.17. The SMILES string of the molecule is CCNC(=NCCc1c(C)noc1C)NC(C)CCCN(CC)CC.I. The molecule has 0 spiro atoms. The average molecular weight is 479 g/mol. The van der Waals surface area contributed by atoms with Gasteiger partial charge < -0.3 is 20.1 Å². The molecule has 0 aliphatic rings. The molecule has 1 rings (SSSR count). The maximum atomic E-state index is 5.21. The molecule has 6 nitrogen and oxygen atoms in total. The lowest BCUT2D eigenvalue weighted by Gasteiger charge is -2.21. The summed E-state index contributed by atoms with van der Waals surface area (Å²) in [5, 5.41) is 10.9. The Bertz CT molecular complexity index is 495. The summed E-state index contributed by atoms with van der Waals surface area (Å²) < 4.78 is 5.21. The molecule has 1 atom stereocenters. The highest BCUT2D eigenvalue weighted by Crippen LogP contribution is 2.12. The monoisotopic (exact) mass is 479 g/mol. The zero-order chi connectivity index (χ0) is 18.7. The van der Waals surface area contributed by atoms with Crippen molar-refractivity contribution in [2.75, 3.05) is 32.7 Å². The molecule has 0 radical (unpaired) electrons. The molecular weight excluding hydrogens is 441 g/mol. The van der Waals surface area contributed by atoms with E-state index in [-0.39, 0.29) is 24.0 Å². The summed E-state index contributed by atoms with van der Waals surface area (Å²) >= 11 is 0. The Morgan fingerprint density at radius 2 is 1.92 bits per heavy atom. The second-order valence-corrected chi connectivity index (χ2v) is 6.53. The number of halogens is 1. The van der Waals surface area contributed by atoms with Gasteiger partial charge in [-0.2, -0.15) is 0 Å². The van der Waals surface area contributed by atoms with Crippen molar-refractivity contribution in [2.24, 2.45) is 4.99 Å². The van der Waals surface area contributed by atoms with Crippen molar-refractivity contribution in [3.63, 3.8) is 0 Å². The Kier molecular flexibility index (Phi) is 13.8. The Morgan fingerprint density at radius 1 is 1.23 bits per heavy atom. The summed E-state index contributed by atoms with van der Waals surface area (Å²) in [6.45, 7) is 17.7. The largest absolute Gasteiger partial charge is 0.361 e. The maximum Gasteiger partial charge on any atom is 0.191 e. The molecule has 0 aliphatic carbocycles. The molecule has 0 aliphatic heterocycles. The van der Waals surface area contributed by atoms with E-state index in [1.807, 2.05) is 13.8 Å². The molecule has 0 fully saturated rings. The van der Waals surface area contributed by atoms with Gasteiger partial charge in [-0.05, 0) is 66.6 Å². The summed E-state index contributed by atoms with van der Waals surface area (Å²) in [5.74, 6) is 1.79. The van der Waals surface area contributed by atoms with E-state index < -0.39 is 0 Å². The van der Waals surface area contributed by atoms with Crippen LogP contribution >= 0.6 is 24.0 Å². The van der Waals surface area contributed by atoms with E-state index in [1.54, 1.807) is 0 Å². The van der Waals surface area contributed by atoms with Crippen molar-refractivity contribution >= 4 is 29.9 Å². The number of nitrogens with zero attached hydrogens (tertiary/aromatic N) is 3. The van der Waals surface area contributed by atoms with Gasteiger partial charge in [0, 0.05) is 24.7 Å². The molecule has 0 saturated heterocycles. The predicted molar refractivity (Wildman–Crippen MR) is 121 cm³/mol. The molecule has 1 aromatic rings. The van der Waals surface area contributed by atoms with E-state index in [9.17, 15) is 0 Å². The van der Waals surface area contributed by atoms with Crippen molar-refractivity contribution in [1.29, 1.82) is 0 Å². The molecule has 2 N–H and O–H groups in total. The zero-order valence-corrected chi connectivity index (χ0v) is 19.7. The first-order valence-corrected chi connectivity index (χ1v) is 9.70. The molecule has 0 bridgehead atoms. The molecule has 26 heavy (non-hydrogen) atoms. The van der Waals surface area contributed by atoms with E-state index in [1.165, 1.54) is 18.5 Å². The highest BCUT2D eigenvalue weighted by atomic mass is 127. The van der Waals surface area contributed by atoms with Gasteiger partial charge in [-0.3, -0.25) is 4.99 Å². The molecule has 0 saturated carbocycles. The molecule has 1 unspecified atom stereocenters. The normalized spacial score (nSPS) is 12.8. The predicted octanol–water partition coefficient (Wildman–Crippen LogP) is 3.52. The highest BCUT2D eigenvalue weighted by Gasteiger charge is 2.09. The Hall–Kier alpha value is -0.830. The van der Waals surface area contributed by atoms with E-state index in [2.05, 4.69) is 48.4 Å². The second-order valence-electron chi connectivity index (χ2n) is 6.53. The maximum absolute atomic E-state index is 5.21. The van der Waals surface area contributed by atoms with E-state index in [0.29, 0.717) is 6.04 Å². The fourth-order valence-corrected chi connectivity index (χ4v) is 2.92. The lowest BCUT2D eigenvalue weighted by molar-refractivity contribution is 0.292. The van der Waals surface area contributed by atoms with Crippen LogP contribution in [0, 0.1) is 13.8 Å². The first-order chi connectivity index (χ1) is 12.0. The molecular formula is C19H38IN5O. The van der Waals surface area contributed by atoms with Crippen LogP contribution in [0.15, 0.2) is 9.52 Å². The molecule has 0 amide bonds. The van der Waals surface area contributed by atoms with Crippen molar-refractivity contribution in [1.82, 2.24) is 20.7 Å². The molecule has 1 aromatic heterocycles. The Balaban J connectivity index is 0.00000625. The summed E-state index contributed by atoms with van der Waals surface area (Å²) in [6, 6.07) is 0.410. The topological polar surface area (TPSA) is 65.7 Å². The van der Waals surface area contributed by atoms with E-state index >= 15 is 0 Å². The third-order valence-electron chi connectivity index (χ3n) is 4.55. The lowest BCUT2D eigenvalue weighted by Crippen LogP contribution is -2.42. The van der Waals surface area contributed by atoms with Gasteiger partial charge in [-0.25, -0.2) is 0 Å². The van der Waals surface area contributed by atoms with Crippen molar-refractivity contribution < 1.29 is 4.52 Å². The van der Waals surface area contributed by atoms with Gasteiger partial charge in [0.05, 0.1) is 5.69 Å². The number of aromatic nitrogens is 1. The van der Waals surface area contributed by atoms with Gasteiger partial charge in [0.15, 0.2) is 5.96 Å². The molecule has 1 heterocycles. The number of aliphatic imine (C=N–C) groups is 1. The number of hydrogen-bond donors (Lipinski definition) is 2. The number of nitrogens with one attached hydrogen (secondary N) is 2. The van der Waals surface area contributed by atoms with Crippen molar-refractivity contribution in [2.45, 2.75) is 66.8 Å².